The minimum atomic E-state index is -0.353. The van der Waals surface area contributed by atoms with Gasteiger partial charge in [0.25, 0.3) is 0 Å². The molecule has 2 N–H and O–H groups in total. The minimum absolute atomic E-state index is 0.156. The van der Waals surface area contributed by atoms with Crippen LogP contribution in [0, 0.1) is 11.7 Å². The Morgan fingerprint density at radius 3 is 2.78 bits per heavy atom. The molecule has 5 heteroatoms. The molecule has 1 aromatic rings. The molecule has 18 heavy (non-hydrogen) atoms. The Bertz CT molecular complexity index is 431. The van der Waals surface area contributed by atoms with Gasteiger partial charge in [-0.3, -0.25) is 0 Å². The highest BCUT2D eigenvalue weighted by molar-refractivity contribution is 5.45. The smallest absolute Gasteiger partial charge is 0.222 e. The van der Waals surface area contributed by atoms with E-state index in [2.05, 4.69) is 14.9 Å². The fraction of sp³-hybridized carbons (Fsp3) is 0.692. The van der Waals surface area contributed by atoms with Crippen LogP contribution in [0.1, 0.15) is 38.5 Å². The maximum Gasteiger partial charge on any atom is 0.222 e. The number of hydrogen-bond acceptors (Lipinski definition) is 4. The van der Waals surface area contributed by atoms with Gasteiger partial charge in [0.15, 0.2) is 11.6 Å². The highest BCUT2D eigenvalue weighted by atomic mass is 19.1. The molecular weight excluding hydrogens is 231 g/mol. The summed E-state index contributed by atoms with van der Waals surface area (Å²) in [4.78, 5) is 9.91. The lowest BCUT2D eigenvalue weighted by atomic mass is 9.96. The van der Waals surface area contributed by atoms with Gasteiger partial charge in [-0.2, -0.15) is 4.98 Å². The number of aromatic nitrogens is 2. The second-order valence-corrected chi connectivity index (χ2v) is 5.35. The Balaban J connectivity index is 1.87. The quantitative estimate of drug-likeness (QED) is 0.875. The standard InChI is InChI=1S/C13H19FN4/c14-10-8-16-13(15)17-12(10)18-7-3-6-11(18)9-4-1-2-5-9/h8-9,11H,1-7H2,(H2,15,16,17). The first-order chi connectivity index (χ1) is 8.75. The number of hydrogen-bond donors (Lipinski definition) is 1. The third-order valence-corrected chi connectivity index (χ3v) is 4.26. The van der Waals surface area contributed by atoms with Crippen LogP contribution in [0.25, 0.3) is 0 Å². The minimum Gasteiger partial charge on any atom is -0.368 e. The zero-order valence-electron chi connectivity index (χ0n) is 10.5. The number of nitrogen functional groups attached to an aromatic ring is 1. The van der Waals surface area contributed by atoms with Gasteiger partial charge in [0.05, 0.1) is 6.20 Å². The van der Waals surface area contributed by atoms with Crippen molar-refractivity contribution in [3.05, 3.63) is 12.0 Å². The van der Waals surface area contributed by atoms with Crippen molar-refractivity contribution in [2.24, 2.45) is 5.92 Å². The Morgan fingerprint density at radius 1 is 1.22 bits per heavy atom. The Kier molecular flexibility index (Phi) is 3.06. The van der Waals surface area contributed by atoms with Crippen LogP contribution in [0.5, 0.6) is 0 Å². The van der Waals surface area contributed by atoms with Crippen LogP contribution in [-0.4, -0.2) is 22.6 Å². The molecule has 1 unspecified atom stereocenters. The predicted octanol–water partition coefficient (Wildman–Crippen LogP) is 2.36. The van der Waals surface area contributed by atoms with Crippen molar-refractivity contribution in [3.8, 4) is 0 Å². The molecule has 98 valence electrons. The van der Waals surface area contributed by atoms with E-state index in [1.165, 1.54) is 31.9 Å². The van der Waals surface area contributed by atoms with E-state index in [1.807, 2.05) is 0 Å². The lowest BCUT2D eigenvalue weighted by Crippen LogP contribution is -2.36. The van der Waals surface area contributed by atoms with Gasteiger partial charge in [-0.1, -0.05) is 12.8 Å². The van der Waals surface area contributed by atoms with Crippen molar-refractivity contribution in [3.63, 3.8) is 0 Å². The van der Waals surface area contributed by atoms with E-state index >= 15 is 0 Å². The molecule has 1 aliphatic heterocycles. The molecule has 3 rings (SSSR count). The summed E-state index contributed by atoms with van der Waals surface area (Å²) in [5.74, 6) is 0.901. The fourth-order valence-electron chi connectivity index (χ4n) is 3.46. The van der Waals surface area contributed by atoms with Gasteiger partial charge in [-0.25, -0.2) is 9.37 Å². The highest BCUT2D eigenvalue weighted by Gasteiger charge is 2.35. The molecule has 1 atom stereocenters. The van der Waals surface area contributed by atoms with E-state index in [9.17, 15) is 4.39 Å². The topological polar surface area (TPSA) is 55.0 Å². The average molecular weight is 250 g/mol. The Morgan fingerprint density at radius 2 is 2.00 bits per heavy atom. The molecule has 2 heterocycles. The van der Waals surface area contributed by atoms with Gasteiger partial charge in [-0.05, 0) is 31.6 Å². The summed E-state index contributed by atoms with van der Waals surface area (Å²) < 4.78 is 13.9. The van der Waals surface area contributed by atoms with Gasteiger partial charge in [0, 0.05) is 12.6 Å². The van der Waals surface area contributed by atoms with Gasteiger partial charge < -0.3 is 10.6 Å². The number of anilines is 2. The molecule has 1 saturated carbocycles. The first-order valence-corrected chi connectivity index (χ1v) is 6.80. The summed E-state index contributed by atoms with van der Waals surface area (Å²) in [6.45, 7) is 0.883. The SMILES string of the molecule is Nc1ncc(F)c(N2CCCC2C2CCCC2)n1. The largest absolute Gasteiger partial charge is 0.368 e. The van der Waals surface area contributed by atoms with E-state index < -0.39 is 0 Å². The van der Waals surface area contributed by atoms with Crippen LogP contribution in [0.15, 0.2) is 6.20 Å². The molecule has 0 aromatic carbocycles. The van der Waals surface area contributed by atoms with E-state index in [4.69, 9.17) is 5.73 Å². The van der Waals surface area contributed by atoms with Gasteiger partial charge >= 0.3 is 0 Å². The van der Waals surface area contributed by atoms with Crippen molar-refractivity contribution in [1.29, 1.82) is 0 Å². The summed E-state index contributed by atoms with van der Waals surface area (Å²) in [5, 5.41) is 0. The number of nitrogens with zero attached hydrogens (tertiary/aromatic N) is 3. The maximum atomic E-state index is 13.9. The number of halogens is 1. The summed E-state index contributed by atoms with van der Waals surface area (Å²) >= 11 is 0. The molecule has 0 amide bonds. The summed E-state index contributed by atoms with van der Waals surface area (Å²) in [6.07, 6.45) is 8.60. The molecule has 0 radical (unpaired) electrons. The molecule has 1 aliphatic carbocycles. The molecular formula is C13H19FN4. The lowest BCUT2D eigenvalue weighted by molar-refractivity contribution is 0.425. The second kappa shape index (κ2) is 4.71. The summed E-state index contributed by atoms with van der Waals surface area (Å²) in [5.41, 5.74) is 5.58. The van der Waals surface area contributed by atoms with E-state index in [1.54, 1.807) is 0 Å². The monoisotopic (exact) mass is 250 g/mol. The van der Waals surface area contributed by atoms with Crippen molar-refractivity contribution in [1.82, 2.24) is 9.97 Å². The van der Waals surface area contributed by atoms with Crippen LogP contribution in [-0.2, 0) is 0 Å². The lowest BCUT2D eigenvalue weighted by Gasteiger charge is -2.30. The summed E-state index contributed by atoms with van der Waals surface area (Å²) in [6, 6.07) is 0.441. The van der Waals surface area contributed by atoms with Gasteiger partial charge in [-0.15, -0.1) is 0 Å². The van der Waals surface area contributed by atoms with E-state index in [-0.39, 0.29) is 11.8 Å². The van der Waals surface area contributed by atoms with Crippen LogP contribution in [0.3, 0.4) is 0 Å². The Hall–Kier alpha value is -1.39. The predicted molar refractivity (Wildman–Crippen MR) is 68.7 cm³/mol. The molecule has 0 spiro atoms. The molecule has 2 aliphatic rings. The zero-order valence-corrected chi connectivity index (χ0v) is 10.5. The molecule has 4 nitrogen and oxygen atoms in total. The molecule has 2 fully saturated rings. The number of nitrogens with two attached hydrogens (primary N) is 1. The number of rotatable bonds is 2. The van der Waals surface area contributed by atoms with Crippen LogP contribution >= 0.6 is 0 Å². The second-order valence-electron chi connectivity index (χ2n) is 5.35. The normalized spacial score (nSPS) is 24.9. The molecule has 0 bridgehead atoms. The van der Waals surface area contributed by atoms with Crippen LogP contribution in [0.4, 0.5) is 16.2 Å². The maximum absolute atomic E-state index is 13.9. The summed E-state index contributed by atoms with van der Waals surface area (Å²) in [7, 11) is 0. The average Bonchev–Trinajstić information content (AvgIpc) is 3.00. The van der Waals surface area contributed by atoms with Crippen molar-refractivity contribution in [2.45, 2.75) is 44.6 Å². The van der Waals surface area contributed by atoms with Crippen molar-refractivity contribution < 1.29 is 4.39 Å². The van der Waals surface area contributed by atoms with E-state index in [0.29, 0.717) is 17.8 Å². The first kappa shape index (κ1) is 11.7. The molecule has 1 aromatic heterocycles. The Labute approximate surface area is 106 Å². The van der Waals surface area contributed by atoms with Crippen LogP contribution < -0.4 is 10.6 Å². The van der Waals surface area contributed by atoms with E-state index in [0.717, 1.165) is 19.4 Å². The first-order valence-electron chi connectivity index (χ1n) is 6.80. The third-order valence-electron chi connectivity index (χ3n) is 4.26. The van der Waals surface area contributed by atoms with Crippen LogP contribution in [0.2, 0.25) is 0 Å². The van der Waals surface area contributed by atoms with Crippen molar-refractivity contribution in [2.75, 3.05) is 17.2 Å². The third kappa shape index (κ3) is 2.02. The van der Waals surface area contributed by atoms with Gasteiger partial charge in [0.2, 0.25) is 5.95 Å². The highest BCUT2D eigenvalue weighted by Crippen LogP contribution is 2.37. The fourth-order valence-corrected chi connectivity index (χ4v) is 3.46. The molecule has 1 saturated heterocycles. The van der Waals surface area contributed by atoms with Crippen molar-refractivity contribution >= 4 is 11.8 Å². The zero-order chi connectivity index (χ0) is 12.5. The van der Waals surface area contributed by atoms with Gasteiger partial charge in [0.1, 0.15) is 0 Å².